The first-order valence-corrected chi connectivity index (χ1v) is 6.75. The fourth-order valence-electron chi connectivity index (χ4n) is 2.06. The molecule has 0 atom stereocenters. The predicted octanol–water partition coefficient (Wildman–Crippen LogP) is 2.37. The second-order valence-corrected chi connectivity index (χ2v) is 5.01. The van der Waals surface area contributed by atoms with Crippen LogP contribution in [0.25, 0.3) is 0 Å². The van der Waals surface area contributed by atoms with Gasteiger partial charge in [0.2, 0.25) is 0 Å². The van der Waals surface area contributed by atoms with Crippen LogP contribution in [0, 0.1) is 32.8 Å². The van der Waals surface area contributed by atoms with Crippen LogP contribution in [-0.4, -0.2) is 20.6 Å². The zero-order chi connectivity index (χ0) is 17.0. The number of ether oxygens (including phenoxy) is 1. The van der Waals surface area contributed by atoms with E-state index in [9.17, 15) is 10.1 Å². The molecule has 8 heteroatoms. The molecule has 0 spiro atoms. The van der Waals surface area contributed by atoms with E-state index in [1.807, 2.05) is 26.0 Å². The van der Waals surface area contributed by atoms with E-state index in [0.717, 1.165) is 0 Å². The van der Waals surface area contributed by atoms with Gasteiger partial charge in [0.1, 0.15) is 17.9 Å². The van der Waals surface area contributed by atoms with Crippen molar-refractivity contribution in [1.82, 2.24) is 9.55 Å². The lowest BCUT2D eigenvalue weighted by Crippen LogP contribution is -2.10. The van der Waals surface area contributed by atoms with Gasteiger partial charge >= 0.3 is 0 Å². The number of rotatable bonds is 5. The summed E-state index contributed by atoms with van der Waals surface area (Å²) in [4.78, 5) is 14.3. The highest BCUT2D eigenvalue weighted by Gasteiger charge is 2.16. The molecule has 1 heterocycles. The fraction of sp³-hybridized carbons (Fsp3) is 0.267. The summed E-state index contributed by atoms with van der Waals surface area (Å²) in [5.41, 5.74) is 0.584. The zero-order valence-electron chi connectivity index (χ0n) is 12.6. The number of nitro benzene ring substituents is 1. The molecule has 8 nitrogen and oxygen atoms in total. The van der Waals surface area contributed by atoms with Crippen LogP contribution in [0.4, 0.5) is 5.69 Å². The molecular weight excluding hydrogens is 298 g/mol. The number of aromatic nitrogens is 2. The van der Waals surface area contributed by atoms with Crippen molar-refractivity contribution in [3.05, 3.63) is 51.6 Å². The van der Waals surface area contributed by atoms with Crippen molar-refractivity contribution in [1.29, 1.82) is 10.5 Å². The molecule has 0 bridgehead atoms. The monoisotopic (exact) mass is 311 g/mol. The predicted molar refractivity (Wildman–Crippen MR) is 79.6 cm³/mol. The number of non-ortho nitro benzene ring substituents is 1. The van der Waals surface area contributed by atoms with E-state index in [2.05, 4.69) is 4.98 Å². The van der Waals surface area contributed by atoms with E-state index in [-0.39, 0.29) is 29.7 Å². The van der Waals surface area contributed by atoms with Crippen LogP contribution >= 0.6 is 0 Å². The maximum atomic E-state index is 11.0. The largest absolute Gasteiger partial charge is 0.491 e. The fourth-order valence-corrected chi connectivity index (χ4v) is 2.06. The van der Waals surface area contributed by atoms with Crippen molar-refractivity contribution >= 4 is 5.69 Å². The first kappa shape index (κ1) is 16.0. The molecule has 2 rings (SSSR count). The smallest absolute Gasteiger partial charge is 0.270 e. The van der Waals surface area contributed by atoms with Crippen LogP contribution in [0.15, 0.2) is 24.5 Å². The number of nitrogens with zero attached hydrogens (tertiary/aromatic N) is 5. The standard InChI is InChI=1S/C15H13N5O3/c1-10(2)23-15-4-3-12(20(21)22)5-11(15)8-19-9-18-13(6-16)14(19)7-17/h3-5,9-10H,8H2,1-2H3. The van der Waals surface area contributed by atoms with Crippen LogP contribution in [0.3, 0.4) is 0 Å². The van der Waals surface area contributed by atoms with E-state index >= 15 is 0 Å². The lowest BCUT2D eigenvalue weighted by Gasteiger charge is -2.14. The highest BCUT2D eigenvalue weighted by atomic mass is 16.6. The third-order valence-corrected chi connectivity index (χ3v) is 3.01. The van der Waals surface area contributed by atoms with Crippen molar-refractivity contribution in [3.8, 4) is 17.9 Å². The Kier molecular flexibility index (Phi) is 4.58. The molecule has 0 aliphatic carbocycles. The Balaban J connectivity index is 2.47. The van der Waals surface area contributed by atoms with Gasteiger partial charge in [-0.05, 0) is 19.9 Å². The van der Waals surface area contributed by atoms with E-state index in [1.165, 1.54) is 29.1 Å². The Morgan fingerprint density at radius 2 is 2.13 bits per heavy atom. The molecule has 0 fully saturated rings. The minimum absolute atomic E-state index is 0.0178. The maximum Gasteiger partial charge on any atom is 0.270 e. The van der Waals surface area contributed by atoms with Crippen molar-refractivity contribution in [2.45, 2.75) is 26.5 Å². The van der Waals surface area contributed by atoms with Gasteiger partial charge in [0.05, 0.1) is 23.9 Å². The Morgan fingerprint density at radius 1 is 1.39 bits per heavy atom. The normalized spacial score (nSPS) is 10.1. The molecule has 0 aliphatic heterocycles. The molecular formula is C15H13N5O3. The van der Waals surface area contributed by atoms with E-state index < -0.39 is 4.92 Å². The number of hydrogen-bond acceptors (Lipinski definition) is 6. The van der Waals surface area contributed by atoms with Crippen molar-refractivity contribution < 1.29 is 9.66 Å². The lowest BCUT2D eigenvalue weighted by atomic mass is 10.1. The first-order chi connectivity index (χ1) is 11.0. The van der Waals surface area contributed by atoms with Gasteiger partial charge in [-0.2, -0.15) is 10.5 Å². The maximum absolute atomic E-state index is 11.0. The van der Waals surface area contributed by atoms with Gasteiger partial charge in [0, 0.05) is 17.7 Å². The summed E-state index contributed by atoms with van der Waals surface area (Å²) in [6, 6.07) is 8.04. The average molecular weight is 311 g/mol. The Morgan fingerprint density at radius 3 is 2.70 bits per heavy atom. The summed E-state index contributed by atoms with van der Waals surface area (Å²) in [5.74, 6) is 0.488. The van der Waals surface area contributed by atoms with E-state index in [4.69, 9.17) is 15.3 Å². The summed E-state index contributed by atoms with van der Waals surface area (Å²) in [7, 11) is 0. The topological polar surface area (TPSA) is 118 Å². The molecule has 0 radical (unpaired) electrons. The van der Waals surface area contributed by atoms with Crippen LogP contribution in [-0.2, 0) is 6.54 Å². The van der Waals surface area contributed by atoms with Crippen LogP contribution < -0.4 is 4.74 Å². The summed E-state index contributed by atoms with van der Waals surface area (Å²) >= 11 is 0. The second-order valence-electron chi connectivity index (χ2n) is 5.01. The number of nitriles is 2. The minimum atomic E-state index is -0.498. The summed E-state index contributed by atoms with van der Waals surface area (Å²) < 4.78 is 7.12. The van der Waals surface area contributed by atoms with Gasteiger partial charge in [0.15, 0.2) is 11.4 Å². The van der Waals surface area contributed by atoms with Crippen molar-refractivity contribution in [2.24, 2.45) is 0 Å². The highest BCUT2D eigenvalue weighted by Crippen LogP contribution is 2.26. The Labute approximate surface area is 132 Å². The summed E-state index contributed by atoms with van der Waals surface area (Å²) in [5, 5.41) is 29.0. The number of imidazole rings is 1. The molecule has 0 saturated carbocycles. The molecule has 2 aromatic rings. The van der Waals surface area contributed by atoms with Crippen LogP contribution in [0.5, 0.6) is 5.75 Å². The average Bonchev–Trinajstić information content (AvgIpc) is 2.90. The number of nitro groups is 1. The minimum Gasteiger partial charge on any atom is -0.491 e. The third-order valence-electron chi connectivity index (χ3n) is 3.01. The van der Waals surface area contributed by atoms with E-state index in [0.29, 0.717) is 11.3 Å². The van der Waals surface area contributed by atoms with E-state index in [1.54, 1.807) is 0 Å². The SMILES string of the molecule is CC(C)Oc1ccc([N+](=O)[O-])cc1Cn1cnc(C#N)c1C#N. The molecule has 0 aliphatic rings. The summed E-state index contributed by atoms with van der Waals surface area (Å²) in [6.45, 7) is 3.83. The Hall–Kier alpha value is -3.39. The highest BCUT2D eigenvalue weighted by molar-refractivity contribution is 5.45. The van der Waals surface area contributed by atoms with Gasteiger partial charge in [-0.1, -0.05) is 0 Å². The Bertz CT molecular complexity index is 827. The van der Waals surface area contributed by atoms with Crippen LogP contribution in [0.2, 0.25) is 0 Å². The van der Waals surface area contributed by atoms with Gasteiger partial charge < -0.3 is 9.30 Å². The van der Waals surface area contributed by atoms with Crippen LogP contribution in [0.1, 0.15) is 30.8 Å². The second kappa shape index (κ2) is 6.58. The lowest BCUT2D eigenvalue weighted by molar-refractivity contribution is -0.384. The molecule has 23 heavy (non-hydrogen) atoms. The van der Waals surface area contributed by atoms with Gasteiger partial charge in [-0.15, -0.1) is 0 Å². The zero-order valence-corrected chi connectivity index (χ0v) is 12.6. The number of benzene rings is 1. The number of hydrogen-bond donors (Lipinski definition) is 0. The van der Waals surface area contributed by atoms with Crippen molar-refractivity contribution in [2.75, 3.05) is 0 Å². The van der Waals surface area contributed by atoms with Gasteiger partial charge in [0.25, 0.3) is 5.69 Å². The summed E-state index contributed by atoms with van der Waals surface area (Å²) in [6.07, 6.45) is 1.25. The molecule has 116 valence electrons. The molecule has 0 saturated heterocycles. The quantitative estimate of drug-likeness (QED) is 0.618. The third kappa shape index (κ3) is 3.44. The molecule has 0 unspecified atom stereocenters. The molecule has 0 N–H and O–H groups in total. The molecule has 1 aromatic carbocycles. The first-order valence-electron chi connectivity index (χ1n) is 6.75. The van der Waals surface area contributed by atoms with Crippen molar-refractivity contribution in [3.63, 3.8) is 0 Å². The molecule has 0 amide bonds. The van der Waals surface area contributed by atoms with Gasteiger partial charge in [-0.25, -0.2) is 4.98 Å². The molecule has 1 aromatic heterocycles. The van der Waals surface area contributed by atoms with Gasteiger partial charge in [-0.3, -0.25) is 10.1 Å².